The predicted molar refractivity (Wildman–Crippen MR) is 362 cm³/mol. The van der Waals surface area contributed by atoms with Crippen molar-refractivity contribution in [3.63, 3.8) is 0 Å². The first-order valence-electron chi connectivity index (χ1n) is 36.5. The van der Waals surface area contributed by atoms with E-state index in [0.717, 1.165) is 64.2 Å². The lowest BCUT2D eigenvalue weighted by atomic mass is 10.0. The van der Waals surface area contributed by atoms with Crippen LogP contribution in [-0.4, -0.2) is 36.4 Å². The maximum atomic E-state index is 12.4. The van der Waals surface area contributed by atoms with Crippen LogP contribution < -0.4 is 0 Å². The quantitative estimate of drug-likeness (QED) is 0.0373. The molecule has 5 nitrogen and oxygen atoms in total. The maximum absolute atomic E-state index is 12.4. The standard InChI is InChI=1S/C77H140O5/c1-3-5-7-9-11-13-15-17-19-21-23-25-27-29-31-33-35-36-37-38-39-40-42-44-46-48-50-52-54-56-58-60-62-64-66-68-70-72-77(80)82-75(73-78)74-81-76(79)71-69-67-65-63-61-59-57-55-53-51-49-47-45-43-41-34-32-30-28-26-24-22-20-18-16-14-12-10-8-6-4-2/h15-18,21-24,27-30,75,78H,3-14,19-20,25-26,31-74H2,1-2H3/b17-15-,18-16-,23-21-,24-22-,29-27-,30-28-. The van der Waals surface area contributed by atoms with Crippen molar-refractivity contribution in [3.05, 3.63) is 72.9 Å². The molecule has 0 heterocycles. The molecular formula is C77H140O5. The monoisotopic (exact) mass is 1150 g/mol. The molecule has 0 aromatic carbocycles. The van der Waals surface area contributed by atoms with E-state index >= 15 is 0 Å². The summed E-state index contributed by atoms with van der Waals surface area (Å²) < 4.78 is 10.8. The fourth-order valence-electron chi connectivity index (χ4n) is 11.0. The average Bonchev–Trinajstić information content (AvgIpc) is 3.49. The van der Waals surface area contributed by atoms with Gasteiger partial charge in [-0.1, -0.05) is 356 Å². The van der Waals surface area contributed by atoms with E-state index < -0.39 is 6.10 Å². The maximum Gasteiger partial charge on any atom is 0.306 e. The average molecular weight is 1150 g/mol. The molecule has 0 aliphatic carbocycles. The summed E-state index contributed by atoms with van der Waals surface area (Å²) in [7, 11) is 0. The smallest absolute Gasteiger partial charge is 0.306 e. The van der Waals surface area contributed by atoms with Crippen LogP contribution in [0.4, 0.5) is 0 Å². The number of rotatable bonds is 68. The summed E-state index contributed by atoms with van der Waals surface area (Å²) in [5, 5.41) is 9.71. The summed E-state index contributed by atoms with van der Waals surface area (Å²) in [4.78, 5) is 24.7. The van der Waals surface area contributed by atoms with Gasteiger partial charge in [0.15, 0.2) is 6.10 Å². The van der Waals surface area contributed by atoms with E-state index in [9.17, 15) is 14.7 Å². The summed E-state index contributed by atoms with van der Waals surface area (Å²) in [6, 6.07) is 0. The zero-order valence-electron chi connectivity index (χ0n) is 55.0. The molecule has 0 aromatic heterocycles. The van der Waals surface area contributed by atoms with Crippen LogP contribution in [0.1, 0.15) is 386 Å². The van der Waals surface area contributed by atoms with Crippen molar-refractivity contribution in [2.45, 2.75) is 392 Å². The summed E-state index contributed by atoms with van der Waals surface area (Å²) in [6.07, 6.45) is 101. The van der Waals surface area contributed by atoms with Crippen molar-refractivity contribution in [3.8, 4) is 0 Å². The Morgan fingerprint density at radius 3 is 0.732 bits per heavy atom. The molecule has 1 N–H and O–H groups in total. The Balaban J connectivity index is 3.41. The van der Waals surface area contributed by atoms with Gasteiger partial charge in [0.25, 0.3) is 0 Å². The third-order valence-electron chi connectivity index (χ3n) is 16.5. The Hall–Kier alpha value is -2.66. The van der Waals surface area contributed by atoms with E-state index in [1.807, 2.05) is 0 Å². The molecule has 0 fully saturated rings. The minimum Gasteiger partial charge on any atom is -0.462 e. The third-order valence-corrected chi connectivity index (χ3v) is 16.5. The van der Waals surface area contributed by atoms with Crippen molar-refractivity contribution in [1.29, 1.82) is 0 Å². The van der Waals surface area contributed by atoms with Gasteiger partial charge in [-0.15, -0.1) is 0 Å². The summed E-state index contributed by atoms with van der Waals surface area (Å²) >= 11 is 0. The van der Waals surface area contributed by atoms with E-state index in [2.05, 4.69) is 86.8 Å². The lowest BCUT2D eigenvalue weighted by Crippen LogP contribution is -2.28. The second-order valence-corrected chi connectivity index (χ2v) is 24.7. The molecule has 0 bridgehead atoms. The molecule has 0 aliphatic rings. The minimum absolute atomic E-state index is 0.0628. The molecule has 0 spiro atoms. The number of hydrogen-bond acceptors (Lipinski definition) is 5. The molecule has 0 saturated carbocycles. The van der Waals surface area contributed by atoms with Crippen molar-refractivity contribution in [2.75, 3.05) is 13.2 Å². The highest BCUT2D eigenvalue weighted by Gasteiger charge is 2.16. The van der Waals surface area contributed by atoms with Crippen LogP contribution in [0, 0.1) is 0 Å². The molecule has 0 saturated heterocycles. The minimum atomic E-state index is -0.774. The molecule has 1 unspecified atom stereocenters. The predicted octanol–water partition coefficient (Wildman–Crippen LogP) is 25.4. The van der Waals surface area contributed by atoms with Gasteiger partial charge in [-0.3, -0.25) is 9.59 Å². The highest BCUT2D eigenvalue weighted by molar-refractivity contribution is 5.70. The molecule has 0 aromatic rings. The van der Waals surface area contributed by atoms with E-state index in [-0.39, 0.29) is 25.2 Å². The lowest BCUT2D eigenvalue weighted by Gasteiger charge is -2.15. The molecule has 1 atom stereocenters. The Morgan fingerprint density at radius 1 is 0.280 bits per heavy atom. The summed E-state index contributed by atoms with van der Waals surface area (Å²) in [5.74, 6) is -0.572. The largest absolute Gasteiger partial charge is 0.462 e. The van der Waals surface area contributed by atoms with Gasteiger partial charge in [0, 0.05) is 12.8 Å². The van der Waals surface area contributed by atoms with Gasteiger partial charge in [-0.2, -0.15) is 0 Å². The van der Waals surface area contributed by atoms with Gasteiger partial charge in [-0.25, -0.2) is 0 Å². The second kappa shape index (κ2) is 72.6. The van der Waals surface area contributed by atoms with Gasteiger partial charge in [0.1, 0.15) is 6.61 Å². The SMILES string of the molecule is CCCCCCC/C=C\C/C=C\C/C=C\CCCCCCCCCCCCCCCCCCCCCCCCC(=O)OC(CO)COC(=O)CCCCCCCCCCCCCCCCCC/C=C\C/C=C\C/C=C\CCCCCCC. The molecule has 0 amide bonds. The third kappa shape index (κ3) is 69.8. The van der Waals surface area contributed by atoms with Crippen molar-refractivity contribution in [2.24, 2.45) is 0 Å². The fourth-order valence-corrected chi connectivity index (χ4v) is 11.0. The van der Waals surface area contributed by atoms with Gasteiger partial charge >= 0.3 is 11.9 Å². The molecule has 5 heteroatoms. The normalized spacial score (nSPS) is 12.6. The van der Waals surface area contributed by atoms with Crippen LogP contribution in [0.25, 0.3) is 0 Å². The number of hydrogen-bond donors (Lipinski definition) is 1. The molecule has 0 aliphatic heterocycles. The summed E-state index contributed by atoms with van der Waals surface area (Å²) in [6.45, 7) is 4.17. The van der Waals surface area contributed by atoms with E-state index in [4.69, 9.17) is 9.47 Å². The van der Waals surface area contributed by atoms with Crippen LogP contribution in [0.2, 0.25) is 0 Å². The van der Waals surface area contributed by atoms with Gasteiger partial charge in [-0.05, 0) is 89.9 Å². The van der Waals surface area contributed by atoms with Crippen molar-refractivity contribution >= 4 is 11.9 Å². The molecule has 478 valence electrons. The Labute approximate surface area is 512 Å². The number of carbonyl (C=O) groups is 2. The first-order chi connectivity index (χ1) is 40.6. The number of unbranched alkanes of at least 4 members (excludes halogenated alkanes) is 48. The number of aliphatic hydroxyl groups excluding tert-OH is 1. The molecule has 0 radical (unpaired) electrons. The van der Waals surface area contributed by atoms with Gasteiger partial charge < -0.3 is 14.6 Å². The highest BCUT2D eigenvalue weighted by atomic mass is 16.6. The summed E-state index contributed by atoms with van der Waals surface area (Å²) in [5.41, 5.74) is 0. The number of allylic oxidation sites excluding steroid dienone is 12. The molecule has 0 rings (SSSR count). The molecule has 82 heavy (non-hydrogen) atoms. The first kappa shape index (κ1) is 79.3. The van der Waals surface area contributed by atoms with Crippen LogP contribution >= 0.6 is 0 Å². The Morgan fingerprint density at radius 2 is 0.488 bits per heavy atom. The number of aliphatic hydroxyl groups is 1. The number of ether oxygens (including phenoxy) is 2. The van der Waals surface area contributed by atoms with Crippen molar-refractivity contribution < 1.29 is 24.2 Å². The van der Waals surface area contributed by atoms with Gasteiger partial charge in [0.2, 0.25) is 0 Å². The molecular weight excluding hydrogens is 1000 g/mol. The van der Waals surface area contributed by atoms with Crippen molar-refractivity contribution in [1.82, 2.24) is 0 Å². The highest BCUT2D eigenvalue weighted by Crippen LogP contribution is 2.18. The lowest BCUT2D eigenvalue weighted by molar-refractivity contribution is -0.161. The topological polar surface area (TPSA) is 72.8 Å². The first-order valence-corrected chi connectivity index (χ1v) is 36.5. The Kier molecular flexibility index (Phi) is 70.2. The zero-order chi connectivity index (χ0) is 59.1. The van der Waals surface area contributed by atoms with Crippen LogP contribution in [0.3, 0.4) is 0 Å². The zero-order valence-corrected chi connectivity index (χ0v) is 55.0. The van der Waals surface area contributed by atoms with E-state index in [1.54, 1.807) is 0 Å². The van der Waals surface area contributed by atoms with E-state index in [0.29, 0.717) is 12.8 Å². The van der Waals surface area contributed by atoms with E-state index in [1.165, 1.54) is 295 Å². The Bertz CT molecular complexity index is 1440. The second-order valence-electron chi connectivity index (χ2n) is 24.7. The number of carbonyl (C=O) groups excluding carboxylic acids is 2. The van der Waals surface area contributed by atoms with Crippen LogP contribution in [0.15, 0.2) is 72.9 Å². The number of esters is 2. The van der Waals surface area contributed by atoms with Crippen LogP contribution in [0.5, 0.6) is 0 Å². The van der Waals surface area contributed by atoms with Gasteiger partial charge in [0.05, 0.1) is 6.61 Å². The fraction of sp³-hybridized carbons (Fsp3) is 0.818. The van der Waals surface area contributed by atoms with Crippen LogP contribution in [-0.2, 0) is 19.1 Å².